The Balaban J connectivity index is 0. The standard InChI is InChI=1S/C9H21NO3.C6H4Cl2N2O2.C6H3Cl2NO2.C2H7NO/c1-7(11)4-10(5-8(2)12)6-9(3)13;7-3-1-2(9)4(8)5(10-3)6(11)12;7-3-1-2-4(8)9-5(3)6(10)11;3-1-2-4/h7-9,11-13H,4-6H2,1-3H3;1H,(H2,9,10)(H,11,12);1-2H,(H,10,11);4H,1-3H2. The van der Waals surface area contributed by atoms with E-state index in [-0.39, 0.29) is 44.0 Å². The van der Waals surface area contributed by atoms with Crippen LogP contribution in [0.5, 0.6) is 0 Å². The molecule has 0 radical (unpaired) electrons. The van der Waals surface area contributed by atoms with Crippen LogP contribution in [0.4, 0.5) is 5.69 Å². The van der Waals surface area contributed by atoms with E-state index in [9.17, 15) is 9.59 Å². The number of hydrogen-bond acceptors (Lipinski definition) is 11. The van der Waals surface area contributed by atoms with Gasteiger partial charge in [0.2, 0.25) is 0 Å². The number of carboxylic acid groups (broad SMARTS) is 2. The lowest BCUT2D eigenvalue weighted by Crippen LogP contribution is -2.40. The second-order valence-electron chi connectivity index (χ2n) is 8.05. The highest BCUT2D eigenvalue weighted by atomic mass is 35.5. The Bertz CT molecular complexity index is 1020. The number of carboxylic acids is 2. The van der Waals surface area contributed by atoms with Crippen molar-refractivity contribution in [3.8, 4) is 0 Å². The number of nitrogens with two attached hydrogens (primary N) is 2. The van der Waals surface area contributed by atoms with Crippen LogP contribution in [0.25, 0.3) is 0 Å². The van der Waals surface area contributed by atoms with Gasteiger partial charge in [-0.3, -0.25) is 4.90 Å². The molecular weight excluding hydrogens is 616 g/mol. The number of aliphatic hydroxyl groups excluding tert-OH is 4. The van der Waals surface area contributed by atoms with Crippen molar-refractivity contribution in [2.24, 2.45) is 5.73 Å². The zero-order valence-electron chi connectivity index (χ0n) is 22.0. The van der Waals surface area contributed by atoms with Crippen molar-refractivity contribution < 1.29 is 40.2 Å². The van der Waals surface area contributed by atoms with Gasteiger partial charge in [0, 0.05) is 26.2 Å². The van der Waals surface area contributed by atoms with Gasteiger partial charge in [-0.05, 0) is 39.0 Å². The van der Waals surface area contributed by atoms with Gasteiger partial charge < -0.3 is 42.1 Å². The molecule has 2 heterocycles. The highest BCUT2D eigenvalue weighted by Crippen LogP contribution is 2.24. The largest absolute Gasteiger partial charge is 0.476 e. The fourth-order valence-corrected chi connectivity index (χ4v) is 3.28. The van der Waals surface area contributed by atoms with E-state index in [1.54, 1.807) is 20.8 Å². The second kappa shape index (κ2) is 21.7. The van der Waals surface area contributed by atoms with Crippen LogP contribution in [0.15, 0.2) is 18.2 Å². The lowest BCUT2D eigenvalue weighted by molar-refractivity contribution is 0.0529. The number of hydrogen-bond donors (Lipinski definition) is 8. The molecule has 0 spiro atoms. The molecule has 0 aromatic carbocycles. The molecule has 0 bridgehead atoms. The van der Waals surface area contributed by atoms with Gasteiger partial charge in [0.1, 0.15) is 10.3 Å². The minimum Gasteiger partial charge on any atom is -0.476 e. The molecule has 3 unspecified atom stereocenters. The van der Waals surface area contributed by atoms with Gasteiger partial charge in [0.15, 0.2) is 11.4 Å². The molecule has 0 aliphatic carbocycles. The average molecular weight is 651 g/mol. The van der Waals surface area contributed by atoms with Crippen LogP contribution in [0.3, 0.4) is 0 Å². The maximum absolute atomic E-state index is 10.5. The number of nitrogen functional groups attached to an aromatic ring is 1. The van der Waals surface area contributed by atoms with E-state index >= 15 is 0 Å². The number of rotatable bonds is 9. The van der Waals surface area contributed by atoms with E-state index in [0.29, 0.717) is 26.2 Å². The molecule has 40 heavy (non-hydrogen) atoms. The van der Waals surface area contributed by atoms with Crippen molar-refractivity contribution in [1.82, 2.24) is 14.9 Å². The first-order valence-corrected chi connectivity index (χ1v) is 12.9. The molecule has 0 fully saturated rings. The Kier molecular flexibility index (Phi) is 21.7. The van der Waals surface area contributed by atoms with Gasteiger partial charge in [-0.25, -0.2) is 19.6 Å². The molecule has 13 nitrogen and oxygen atoms in total. The Morgan fingerprint density at radius 2 is 1.25 bits per heavy atom. The smallest absolute Gasteiger partial charge is 0.356 e. The quantitative estimate of drug-likeness (QED) is 0.182. The average Bonchev–Trinajstić information content (AvgIpc) is 2.82. The number of aromatic nitrogens is 2. The van der Waals surface area contributed by atoms with Crippen molar-refractivity contribution in [2.45, 2.75) is 39.1 Å². The maximum Gasteiger partial charge on any atom is 0.356 e. The first kappa shape index (κ1) is 40.1. The van der Waals surface area contributed by atoms with Crippen molar-refractivity contribution in [1.29, 1.82) is 0 Å². The third-order valence-electron chi connectivity index (χ3n) is 3.87. The summed E-state index contributed by atoms with van der Waals surface area (Å²) in [6.45, 7) is 6.99. The molecule has 17 heteroatoms. The molecule has 0 amide bonds. The molecule has 3 atom stereocenters. The predicted molar refractivity (Wildman–Crippen MR) is 154 cm³/mol. The van der Waals surface area contributed by atoms with Crippen LogP contribution < -0.4 is 11.5 Å². The maximum atomic E-state index is 10.5. The zero-order chi connectivity index (χ0) is 31.6. The van der Waals surface area contributed by atoms with Gasteiger partial charge in [-0.2, -0.15) is 0 Å². The lowest BCUT2D eigenvalue weighted by Gasteiger charge is -2.25. The highest BCUT2D eigenvalue weighted by Gasteiger charge is 2.14. The molecular formula is C23H35Cl4N5O8. The summed E-state index contributed by atoms with van der Waals surface area (Å²) in [4.78, 5) is 29.7. The van der Waals surface area contributed by atoms with E-state index in [1.165, 1.54) is 18.2 Å². The Morgan fingerprint density at radius 3 is 1.57 bits per heavy atom. The molecule has 0 aliphatic heterocycles. The van der Waals surface area contributed by atoms with Crippen LogP contribution in [0, 0.1) is 0 Å². The molecule has 2 aromatic rings. The van der Waals surface area contributed by atoms with E-state index in [1.807, 2.05) is 4.90 Å². The van der Waals surface area contributed by atoms with Crippen LogP contribution in [-0.4, -0.2) is 109 Å². The fourth-order valence-electron chi connectivity index (χ4n) is 2.57. The van der Waals surface area contributed by atoms with Crippen LogP contribution in [0.1, 0.15) is 41.7 Å². The molecule has 0 saturated carbocycles. The first-order valence-electron chi connectivity index (χ1n) is 11.4. The molecule has 2 rings (SSSR count). The van der Waals surface area contributed by atoms with E-state index in [4.69, 9.17) is 88.5 Å². The summed E-state index contributed by atoms with van der Waals surface area (Å²) in [6, 6.07) is 4.10. The molecule has 228 valence electrons. The summed E-state index contributed by atoms with van der Waals surface area (Å²) in [5.74, 6) is -2.44. The van der Waals surface area contributed by atoms with E-state index in [2.05, 4.69) is 9.97 Å². The van der Waals surface area contributed by atoms with Crippen LogP contribution in [0.2, 0.25) is 20.4 Å². The number of halogens is 4. The number of pyridine rings is 2. The van der Waals surface area contributed by atoms with Gasteiger partial charge >= 0.3 is 11.9 Å². The summed E-state index contributed by atoms with van der Waals surface area (Å²) in [7, 11) is 0. The van der Waals surface area contributed by atoms with Crippen molar-refractivity contribution in [3.63, 3.8) is 0 Å². The molecule has 0 aliphatic rings. The number of anilines is 1. The van der Waals surface area contributed by atoms with Gasteiger partial charge in [-0.15, -0.1) is 0 Å². The molecule has 2 aromatic heterocycles. The topological polar surface area (TPSA) is 237 Å². The number of nitrogens with zero attached hydrogens (tertiary/aromatic N) is 3. The van der Waals surface area contributed by atoms with Crippen molar-refractivity contribution in [3.05, 3.63) is 49.9 Å². The monoisotopic (exact) mass is 649 g/mol. The highest BCUT2D eigenvalue weighted by molar-refractivity contribution is 6.37. The molecule has 0 saturated heterocycles. The summed E-state index contributed by atoms with van der Waals surface area (Å²) in [5, 5.41) is 52.3. The minimum absolute atomic E-state index is 0.00861. The summed E-state index contributed by atoms with van der Waals surface area (Å²) in [6.07, 6.45) is -1.30. The Hall–Kier alpha value is -2.04. The van der Waals surface area contributed by atoms with Crippen molar-refractivity contribution >= 4 is 64.0 Å². The van der Waals surface area contributed by atoms with Crippen LogP contribution >= 0.6 is 46.4 Å². The molecule has 10 N–H and O–H groups in total. The first-order chi connectivity index (χ1) is 18.5. The normalized spacial score (nSPS) is 12.4. The summed E-state index contributed by atoms with van der Waals surface area (Å²) < 4.78 is 0. The Labute approximate surface area is 251 Å². The number of aromatic carboxylic acids is 2. The third-order valence-corrected chi connectivity index (χ3v) is 4.97. The van der Waals surface area contributed by atoms with E-state index < -0.39 is 30.3 Å². The fraction of sp³-hybridized carbons (Fsp3) is 0.478. The predicted octanol–water partition coefficient (Wildman–Crippen LogP) is 2.12. The second-order valence-corrected chi connectivity index (χ2v) is 9.61. The SMILES string of the molecule is CC(O)CN(CC(C)O)CC(C)O.NCCO.Nc1cc(Cl)nc(C(=O)O)c1Cl.O=C(O)c1nc(Cl)ccc1Cl. The van der Waals surface area contributed by atoms with Gasteiger partial charge in [-0.1, -0.05) is 46.4 Å². The van der Waals surface area contributed by atoms with Gasteiger partial charge in [0.25, 0.3) is 0 Å². The lowest BCUT2D eigenvalue weighted by atomic mass is 10.2. The number of carbonyl (C=O) groups is 2. The third kappa shape index (κ3) is 19.1. The minimum atomic E-state index is -1.26. The van der Waals surface area contributed by atoms with E-state index in [0.717, 1.165) is 0 Å². The zero-order valence-corrected chi connectivity index (χ0v) is 25.0. The van der Waals surface area contributed by atoms with Crippen LogP contribution in [-0.2, 0) is 0 Å². The summed E-state index contributed by atoms with van der Waals surface area (Å²) in [5.41, 5.74) is 9.67. The summed E-state index contributed by atoms with van der Waals surface area (Å²) >= 11 is 21.9. The number of aliphatic hydroxyl groups is 4. The van der Waals surface area contributed by atoms with Crippen molar-refractivity contribution in [2.75, 3.05) is 38.5 Å². The van der Waals surface area contributed by atoms with Gasteiger partial charge in [0.05, 0.1) is 40.7 Å². The Morgan fingerprint density at radius 1 is 0.850 bits per heavy atom.